The number of carbonyl (C=O) groups is 1. The number of benzene rings is 3. The number of hydrogen-bond acceptors (Lipinski definition) is 2. The predicted molar refractivity (Wildman–Crippen MR) is 123 cm³/mol. The van der Waals surface area contributed by atoms with E-state index < -0.39 is 0 Å². The lowest BCUT2D eigenvalue weighted by atomic mass is 10.1. The minimum absolute atomic E-state index is 0.0434. The number of rotatable bonds is 5. The highest BCUT2D eigenvalue weighted by molar-refractivity contribution is 6.10. The summed E-state index contributed by atoms with van der Waals surface area (Å²) in [6, 6.07) is 20.7. The third-order valence-corrected chi connectivity index (χ3v) is 5.85. The van der Waals surface area contributed by atoms with Gasteiger partial charge in [-0.05, 0) is 55.3 Å². The number of nitrogens with zero attached hydrogens (tertiary/aromatic N) is 1. The van der Waals surface area contributed by atoms with E-state index in [4.69, 9.17) is 4.42 Å². The van der Waals surface area contributed by atoms with Crippen molar-refractivity contribution < 1.29 is 9.21 Å². The zero-order valence-corrected chi connectivity index (χ0v) is 17.2. The van der Waals surface area contributed by atoms with E-state index in [1.807, 2.05) is 12.1 Å². The number of anilines is 1. The average Bonchev–Trinajstić information content (AvgIpc) is 3.31. The van der Waals surface area contributed by atoms with Crippen LogP contribution in [-0.2, 0) is 24.2 Å². The van der Waals surface area contributed by atoms with Crippen LogP contribution in [0.15, 0.2) is 71.3 Å². The fourth-order valence-corrected chi connectivity index (χ4v) is 4.34. The van der Waals surface area contributed by atoms with Crippen LogP contribution in [0, 0.1) is 0 Å². The van der Waals surface area contributed by atoms with Crippen molar-refractivity contribution in [2.45, 2.75) is 33.2 Å². The van der Waals surface area contributed by atoms with Crippen LogP contribution < -0.4 is 5.32 Å². The lowest BCUT2D eigenvalue weighted by molar-refractivity contribution is -0.115. The van der Waals surface area contributed by atoms with Gasteiger partial charge in [0.2, 0.25) is 5.91 Å². The topological polar surface area (TPSA) is 47.2 Å². The molecule has 0 aliphatic rings. The smallest absolute Gasteiger partial charge is 0.228 e. The SMILES string of the molecule is CCc1ccc2occ(CC(=O)Nc3ccc4c(c3)c3ccccc3n4CC)c2c1. The highest BCUT2D eigenvalue weighted by Crippen LogP contribution is 2.31. The molecule has 0 aliphatic carbocycles. The number of amides is 1. The second-order valence-corrected chi connectivity index (χ2v) is 7.66. The van der Waals surface area contributed by atoms with E-state index in [-0.39, 0.29) is 12.3 Å². The van der Waals surface area contributed by atoms with Crippen LogP contribution >= 0.6 is 0 Å². The Morgan fingerprint density at radius 1 is 0.933 bits per heavy atom. The number of para-hydroxylation sites is 1. The zero-order valence-electron chi connectivity index (χ0n) is 17.2. The van der Waals surface area contributed by atoms with Gasteiger partial charge in [-0.25, -0.2) is 0 Å². The Morgan fingerprint density at radius 3 is 2.60 bits per heavy atom. The van der Waals surface area contributed by atoms with E-state index >= 15 is 0 Å². The van der Waals surface area contributed by atoms with Gasteiger partial charge in [-0.15, -0.1) is 0 Å². The number of fused-ring (bicyclic) bond motifs is 4. The van der Waals surface area contributed by atoms with Crippen LogP contribution in [0.5, 0.6) is 0 Å². The number of aromatic nitrogens is 1. The van der Waals surface area contributed by atoms with E-state index in [1.54, 1.807) is 6.26 Å². The molecule has 4 heteroatoms. The summed E-state index contributed by atoms with van der Waals surface area (Å²) in [5.41, 5.74) is 6.20. The van der Waals surface area contributed by atoms with Crippen LogP contribution in [-0.4, -0.2) is 10.5 Å². The molecule has 150 valence electrons. The molecule has 0 spiro atoms. The average molecular weight is 396 g/mol. The van der Waals surface area contributed by atoms with Crippen LogP contribution in [0.4, 0.5) is 5.69 Å². The molecule has 0 saturated carbocycles. The lowest BCUT2D eigenvalue weighted by Gasteiger charge is -2.07. The molecular formula is C26H24N2O2. The molecule has 3 aromatic carbocycles. The maximum absolute atomic E-state index is 12.8. The first-order chi connectivity index (χ1) is 14.7. The Kier molecular flexibility index (Phi) is 4.55. The van der Waals surface area contributed by atoms with Crippen LogP contribution in [0.2, 0.25) is 0 Å². The maximum atomic E-state index is 12.8. The third kappa shape index (κ3) is 3.05. The molecule has 0 saturated heterocycles. The van der Waals surface area contributed by atoms with Crippen molar-refractivity contribution in [1.82, 2.24) is 4.57 Å². The molecule has 4 nitrogen and oxygen atoms in total. The fourth-order valence-electron chi connectivity index (χ4n) is 4.34. The molecule has 0 aliphatic heterocycles. The summed E-state index contributed by atoms with van der Waals surface area (Å²) in [5, 5.41) is 6.45. The molecule has 30 heavy (non-hydrogen) atoms. The summed E-state index contributed by atoms with van der Waals surface area (Å²) in [4.78, 5) is 12.8. The molecule has 2 heterocycles. The largest absolute Gasteiger partial charge is 0.464 e. The fraction of sp³-hybridized carbons (Fsp3) is 0.192. The monoisotopic (exact) mass is 396 g/mol. The molecule has 5 aromatic rings. The number of aryl methyl sites for hydroxylation is 2. The van der Waals surface area contributed by atoms with Gasteiger partial charge in [-0.1, -0.05) is 31.2 Å². The van der Waals surface area contributed by atoms with Gasteiger partial charge >= 0.3 is 0 Å². The Morgan fingerprint density at radius 2 is 1.77 bits per heavy atom. The summed E-state index contributed by atoms with van der Waals surface area (Å²) < 4.78 is 7.94. The summed E-state index contributed by atoms with van der Waals surface area (Å²) >= 11 is 0. The molecule has 0 radical (unpaired) electrons. The van der Waals surface area contributed by atoms with E-state index in [2.05, 4.69) is 72.3 Å². The van der Waals surface area contributed by atoms with Crippen molar-refractivity contribution in [3.8, 4) is 0 Å². The quantitative estimate of drug-likeness (QED) is 0.379. The van der Waals surface area contributed by atoms with Crippen molar-refractivity contribution in [3.05, 3.63) is 78.1 Å². The van der Waals surface area contributed by atoms with Crippen LogP contribution in [0.25, 0.3) is 32.8 Å². The van der Waals surface area contributed by atoms with Crippen molar-refractivity contribution in [2.75, 3.05) is 5.32 Å². The third-order valence-electron chi connectivity index (χ3n) is 5.85. The molecule has 0 atom stereocenters. The van der Waals surface area contributed by atoms with E-state index in [0.717, 1.165) is 40.6 Å². The van der Waals surface area contributed by atoms with Gasteiger partial charge in [0.25, 0.3) is 0 Å². The summed E-state index contributed by atoms with van der Waals surface area (Å²) in [5.74, 6) is -0.0434. The van der Waals surface area contributed by atoms with Crippen molar-refractivity contribution in [2.24, 2.45) is 0 Å². The zero-order chi connectivity index (χ0) is 20.7. The number of nitrogens with one attached hydrogen (secondary N) is 1. The molecule has 0 fully saturated rings. The molecule has 1 N–H and O–H groups in total. The second kappa shape index (κ2) is 7.38. The molecular weight excluding hydrogens is 372 g/mol. The normalized spacial score (nSPS) is 11.5. The van der Waals surface area contributed by atoms with Gasteiger partial charge in [0, 0.05) is 45.0 Å². The van der Waals surface area contributed by atoms with Crippen molar-refractivity contribution in [3.63, 3.8) is 0 Å². The van der Waals surface area contributed by atoms with Gasteiger partial charge in [-0.2, -0.15) is 0 Å². The standard InChI is InChI=1S/C26H24N2O2/c1-3-17-9-12-25-21(13-17)18(16-30-25)14-26(29)27-19-10-11-24-22(15-19)20-7-5-6-8-23(20)28(24)4-2/h5-13,15-16H,3-4,14H2,1-2H3,(H,27,29). The summed E-state index contributed by atoms with van der Waals surface area (Å²) in [6.07, 6.45) is 2.94. The van der Waals surface area contributed by atoms with Gasteiger partial charge in [0.15, 0.2) is 0 Å². The molecule has 0 unspecified atom stereocenters. The summed E-state index contributed by atoms with van der Waals surface area (Å²) in [7, 11) is 0. The Bertz CT molecular complexity index is 1390. The molecule has 2 aromatic heterocycles. The van der Waals surface area contributed by atoms with Gasteiger partial charge in [-0.3, -0.25) is 4.79 Å². The highest BCUT2D eigenvalue weighted by atomic mass is 16.3. The van der Waals surface area contributed by atoms with Gasteiger partial charge in [0.1, 0.15) is 5.58 Å². The predicted octanol–water partition coefficient (Wildman–Crippen LogP) is 6.30. The first-order valence-electron chi connectivity index (χ1n) is 10.5. The van der Waals surface area contributed by atoms with E-state index in [9.17, 15) is 4.79 Å². The number of hydrogen-bond donors (Lipinski definition) is 1. The first kappa shape index (κ1) is 18.5. The van der Waals surface area contributed by atoms with Crippen molar-refractivity contribution in [1.29, 1.82) is 0 Å². The van der Waals surface area contributed by atoms with E-state index in [0.29, 0.717) is 0 Å². The summed E-state index contributed by atoms with van der Waals surface area (Å²) in [6.45, 7) is 5.18. The van der Waals surface area contributed by atoms with Crippen LogP contribution in [0.1, 0.15) is 25.0 Å². The minimum atomic E-state index is -0.0434. The van der Waals surface area contributed by atoms with Gasteiger partial charge in [0.05, 0.1) is 12.7 Å². The van der Waals surface area contributed by atoms with Gasteiger partial charge < -0.3 is 14.3 Å². The molecule has 5 rings (SSSR count). The van der Waals surface area contributed by atoms with Crippen molar-refractivity contribution >= 4 is 44.4 Å². The lowest BCUT2D eigenvalue weighted by Crippen LogP contribution is -2.14. The highest BCUT2D eigenvalue weighted by Gasteiger charge is 2.13. The maximum Gasteiger partial charge on any atom is 0.228 e. The van der Waals surface area contributed by atoms with Crippen LogP contribution in [0.3, 0.4) is 0 Å². The molecule has 1 amide bonds. The second-order valence-electron chi connectivity index (χ2n) is 7.66. The minimum Gasteiger partial charge on any atom is -0.464 e. The Labute approximate surface area is 175 Å². The molecule has 0 bridgehead atoms. The number of furan rings is 1. The Balaban J connectivity index is 1.44. The number of carbonyl (C=O) groups excluding carboxylic acids is 1. The van der Waals surface area contributed by atoms with E-state index in [1.165, 1.54) is 22.0 Å². The first-order valence-corrected chi connectivity index (χ1v) is 10.5. The Hall–Kier alpha value is -3.53.